The van der Waals surface area contributed by atoms with E-state index in [1.165, 1.54) is 0 Å². The van der Waals surface area contributed by atoms with Gasteiger partial charge in [-0.25, -0.2) is 4.98 Å². The molecule has 0 saturated carbocycles. The Morgan fingerprint density at radius 3 is 2.86 bits per heavy atom. The molecule has 35 heavy (non-hydrogen) atoms. The van der Waals surface area contributed by atoms with Gasteiger partial charge < -0.3 is 19.1 Å². The Kier molecular flexibility index (Phi) is 5.64. The quantitative estimate of drug-likeness (QED) is 0.456. The molecule has 1 amide bonds. The van der Waals surface area contributed by atoms with Crippen molar-refractivity contribution in [1.82, 2.24) is 19.7 Å². The zero-order valence-electron chi connectivity index (χ0n) is 18.5. The van der Waals surface area contributed by atoms with E-state index in [0.29, 0.717) is 47.9 Å². The molecule has 1 aliphatic heterocycles. The molecule has 12 heteroatoms. The first kappa shape index (κ1) is 22.8. The standard InChI is InChI=1S/C23H19F3N6O3/c1-12-6-14(4-5-34-12)32-20(9-21(33)30-19-8-18(35-31-19)23(24,25)26)29-17-11-28-16-3-2-13(10-27)7-15(16)22(17)32/h2-3,7-8,11-12,14H,4-6,9H2,1H3,(H,30,31,33)/t12-,14-/m1/s1. The average molecular weight is 484 g/mol. The van der Waals surface area contributed by atoms with E-state index in [1.807, 2.05) is 11.5 Å². The van der Waals surface area contributed by atoms with Gasteiger partial charge in [0, 0.05) is 24.1 Å². The van der Waals surface area contributed by atoms with Gasteiger partial charge in [0.2, 0.25) is 11.7 Å². The van der Waals surface area contributed by atoms with Crippen molar-refractivity contribution in [2.45, 2.75) is 44.5 Å². The van der Waals surface area contributed by atoms with E-state index >= 15 is 0 Å². The summed E-state index contributed by atoms with van der Waals surface area (Å²) in [6, 6.07) is 7.90. The van der Waals surface area contributed by atoms with Gasteiger partial charge in [-0.2, -0.15) is 18.4 Å². The molecule has 0 spiro atoms. The van der Waals surface area contributed by atoms with Gasteiger partial charge in [0.1, 0.15) is 11.3 Å². The summed E-state index contributed by atoms with van der Waals surface area (Å²) in [5.74, 6) is -1.82. The molecule has 1 aromatic carbocycles. The zero-order valence-corrected chi connectivity index (χ0v) is 18.5. The van der Waals surface area contributed by atoms with E-state index in [2.05, 4.69) is 31.0 Å². The van der Waals surface area contributed by atoms with E-state index in [0.717, 1.165) is 10.9 Å². The molecule has 1 fully saturated rings. The van der Waals surface area contributed by atoms with Crippen LogP contribution in [-0.4, -0.2) is 38.3 Å². The number of nitrogens with zero attached hydrogens (tertiary/aromatic N) is 5. The molecule has 180 valence electrons. The number of carbonyl (C=O) groups excluding carboxylic acids is 1. The number of hydrogen-bond donors (Lipinski definition) is 1. The minimum absolute atomic E-state index is 0.00781. The Labute approximate surface area is 196 Å². The van der Waals surface area contributed by atoms with E-state index in [9.17, 15) is 23.2 Å². The number of nitrogens with one attached hydrogen (secondary N) is 1. The summed E-state index contributed by atoms with van der Waals surface area (Å²) in [7, 11) is 0. The summed E-state index contributed by atoms with van der Waals surface area (Å²) in [6.07, 6.45) is -1.96. The first-order chi connectivity index (χ1) is 16.7. The van der Waals surface area contributed by atoms with Crippen molar-refractivity contribution < 1.29 is 27.2 Å². The van der Waals surface area contributed by atoms with Gasteiger partial charge in [-0.15, -0.1) is 0 Å². The van der Waals surface area contributed by atoms with Crippen molar-refractivity contribution >= 4 is 33.7 Å². The van der Waals surface area contributed by atoms with Gasteiger partial charge in [0.05, 0.1) is 41.4 Å². The number of amides is 1. The third-order valence-electron chi connectivity index (χ3n) is 5.92. The molecule has 0 aliphatic carbocycles. The van der Waals surface area contributed by atoms with Gasteiger partial charge in [0.25, 0.3) is 0 Å². The lowest BCUT2D eigenvalue weighted by molar-refractivity contribution is -0.155. The fraction of sp³-hybridized carbons (Fsp3) is 0.348. The number of rotatable bonds is 4. The lowest BCUT2D eigenvalue weighted by atomic mass is 10.0. The highest BCUT2D eigenvalue weighted by Crippen LogP contribution is 2.34. The first-order valence-corrected chi connectivity index (χ1v) is 10.9. The summed E-state index contributed by atoms with van der Waals surface area (Å²) < 4.78 is 50.3. The number of fused-ring (bicyclic) bond motifs is 3. The summed E-state index contributed by atoms with van der Waals surface area (Å²) in [5, 5.41) is 15.7. The molecule has 4 heterocycles. The molecule has 0 bridgehead atoms. The molecular weight excluding hydrogens is 465 g/mol. The number of alkyl halides is 3. The minimum atomic E-state index is -4.71. The van der Waals surface area contributed by atoms with Crippen molar-refractivity contribution in [2.24, 2.45) is 0 Å². The lowest BCUT2D eigenvalue weighted by Gasteiger charge is -2.30. The Balaban J connectivity index is 1.56. The number of anilines is 1. The van der Waals surface area contributed by atoms with Crippen LogP contribution in [0.15, 0.2) is 35.0 Å². The number of carbonyl (C=O) groups is 1. The van der Waals surface area contributed by atoms with Crippen molar-refractivity contribution in [1.29, 1.82) is 5.26 Å². The average Bonchev–Trinajstić information content (AvgIpc) is 3.43. The number of imidazole rings is 1. The fourth-order valence-corrected chi connectivity index (χ4v) is 4.42. The van der Waals surface area contributed by atoms with Crippen molar-refractivity contribution in [3.8, 4) is 6.07 Å². The highest BCUT2D eigenvalue weighted by Gasteiger charge is 2.36. The van der Waals surface area contributed by atoms with Crippen LogP contribution < -0.4 is 5.32 Å². The van der Waals surface area contributed by atoms with Crippen LogP contribution in [0.3, 0.4) is 0 Å². The van der Waals surface area contributed by atoms with Crippen LogP contribution in [0.1, 0.15) is 43.0 Å². The molecule has 1 aliphatic rings. The Morgan fingerprint density at radius 2 is 2.14 bits per heavy atom. The molecule has 1 N–H and O–H groups in total. The topological polar surface area (TPSA) is 119 Å². The molecule has 0 radical (unpaired) electrons. The molecule has 4 aromatic rings. The van der Waals surface area contributed by atoms with Crippen LogP contribution in [0.25, 0.3) is 21.9 Å². The SMILES string of the molecule is C[C@@H]1C[C@H](n2c(CC(=O)Nc3cc(C(F)(F)F)on3)nc3cnc4ccc(C#N)cc4c32)CCO1. The lowest BCUT2D eigenvalue weighted by Crippen LogP contribution is -2.27. The second kappa shape index (κ2) is 8.66. The summed E-state index contributed by atoms with van der Waals surface area (Å²) in [4.78, 5) is 21.8. The Morgan fingerprint density at radius 1 is 1.31 bits per heavy atom. The predicted molar refractivity (Wildman–Crippen MR) is 117 cm³/mol. The third kappa shape index (κ3) is 4.42. The van der Waals surface area contributed by atoms with Crippen LogP contribution in [0.4, 0.5) is 19.0 Å². The zero-order chi connectivity index (χ0) is 24.7. The molecule has 9 nitrogen and oxygen atoms in total. The van der Waals surface area contributed by atoms with Gasteiger partial charge in [-0.1, -0.05) is 5.16 Å². The summed E-state index contributed by atoms with van der Waals surface area (Å²) in [5.41, 5.74) is 2.44. The first-order valence-electron chi connectivity index (χ1n) is 10.9. The number of hydrogen-bond acceptors (Lipinski definition) is 7. The van der Waals surface area contributed by atoms with E-state index in [-0.39, 0.29) is 24.4 Å². The summed E-state index contributed by atoms with van der Waals surface area (Å²) >= 11 is 0. The normalized spacial score (nSPS) is 18.6. The number of nitriles is 1. The van der Waals surface area contributed by atoms with Crippen LogP contribution in [-0.2, 0) is 22.1 Å². The van der Waals surface area contributed by atoms with Crippen molar-refractivity contribution in [3.63, 3.8) is 0 Å². The second-order valence-electron chi connectivity index (χ2n) is 8.39. The van der Waals surface area contributed by atoms with Crippen LogP contribution in [0.5, 0.6) is 0 Å². The number of benzene rings is 1. The number of halogens is 3. The molecule has 2 atom stereocenters. The molecular formula is C23H19F3N6O3. The number of pyridine rings is 1. The maximum Gasteiger partial charge on any atom is 0.452 e. The third-order valence-corrected chi connectivity index (χ3v) is 5.92. The Hall–Kier alpha value is -3.98. The van der Waals surface area contributed by atoms with Gasteiger partial charge in [0.15, 0.2) is 5.82 Å². The highest BCUT2D eigenvalue weighted by molar-refractivity contribution is 6.03. The maximum atomic E-state index is 12.8. The van der Waals surface area contributed by atoms with Gasteiger partial charge >= 0.3 is 6.18 Å². The van der Waals surface area contributed by atoms with Gasteiger partial charge in [-0.05, 0) is 38.0 Å². The molecule has 1 saturated heterocycles. The second-order valence-corrected chi connectivity index (χ2v) is 8.39. The van der Waals surface area contributed by atoms with E-state index in [4.69, 9.17) is 4.74 Å². The van der Waals surface area contributed by atoms with E-state index in [1.54, 1.807) is 24.4 Å². The largest absolute Gasteiger partial charge is 0.452 e. The maximum absolute atomic E-state index is 12.8. The van der Waals surface area contributed by atoms with E-state index < -0.39 is 17.8 Å². The molecule has 0 unspecified atom stereocenters. The highest BCUT2D eigenvalue weighted by atomic mass is 19.4. The van der Waals surface area contributed by atoms with Gasteiger partial charge in [-0.3, -0.25) is 9.78 Å². The Bertz CT molecular complexity index is 1470. The number of ether oxygens (including phenoxy) is 1. The monoisotopic (exact) mass is 484 g/mol. The minimum Gasteiger partial charge on any atom is -0.378 e. The fourth-order valence-electron chi connectivity index (χ4n) is 4.42. The predicted octanol–water partition coefficient (Wildman–Crippen LogP) is 4.38. The van der Waals surface area contributed by atoms with Crippen LogP contribution in [0, 0.1) is 11.3 Å². The summed E-state index contributed by atoms with van der Waals surface area (Å²) in [6.45, 7) is 2.50. The smallest absolute Gasteiger partial charge is 0.378 e. The molecule has 5 rings (SSSR count). The van der Waals surface area contributed by atoms with Crippen LogP contribution >= 0.6 is 0 Å². The van der Waals surface area contributed by atoms with Crippen molar-refractivity contribution in [2.75, 3.05) is 11.9 Å². The molecule has 3 aromatic heterocycles. The van der Waals surface area contributed by atoms with Crippen molar-refractivity contribution in [3.05, 3.63) is 47.6 Å². The number of aromatic nitrogens is 4. The van der Waals surface area contributed by atoms with Crippen LogP contribution in [0.2, 0.25) is 0 Å².